The highest BCUT2D eigenvalue weighted by Crippen LogP contribution is 2.23. The van der Waals surface area contributed by atoms with Crippen LogP contribution in [-0.4, -0.2) is 5.97 Å². The molecule has 22 heavy (non-hydrogen) atoms. The molecule has 4 nitrogen and oxygen atoms in total. The van der Waals surface area contributed by atoms with Gasteiger partial charge in [0, 0.05) is 26.4 Å². The van der Waals surface area contributed by atoms with E-state index in [1.54, 1.807) is 12.1 Å². The predicted molar refractivity (Wildman–Crippen MR) is 88.4 cm³/mol. The normalized spacial score (nSPS) is 10.8. The van der Waals surface area contributed by atoms with Crippen LogP contribution in [0.3, 0.4) is 0 Å². The van der Waals surface area contributed by atoms with Gasteiger partial charge in [-0.1, -0.05) is 15.9 Å². The van der Waals surface area contributed by atoms with Crippen molar-refractivity contribution in [3.8, 4) is 0 Å². The Morgan fingerprint density at radius 2 is 2.09 bits per heavy atom. The average Bonchev–Trinajstić information content (AvgIpc) is 2.90. The number of aryl methyl sites for hydroxylation is 1. The highest BCUT2D eigenvalue weighted by molar-refractivity contribution is 9.10. The van der Waals surface area contributed by atoms with E-state index >= 15 is 0 Å². The van der Waals surface area contributed by atoms with Crippen LogP contribution in [0.15, 0.2) is 50.1 Å². The van der Waals surface area contributed by atoms with E-state index in [1.807, 2.05) is 25.1 Å². The molecule has 0 aliphatic carbocycles. The zero-order chi connectivity index (χ0) is 15.7. The molecular weight excluding hydrogens is 368 g/mol. The second-order valence-electron chi connectivity index (χ2n) is 4.72. The van der Waals surface area contributed by atoms with E-state index in [0.717, 1.165) is 14.7 Å². The second kappa shape index (κ2) is 6.06. The van der Waals surface area contributed by atoms with Crippen LogP contribution in [0.4, 0.5) is 0 Å². The minimum atomic E-state index is -0.469. The third kappa shape index (κ3) is 3.13. The lowest BCUT2D eigenvalue weighted by molar-refractivity contribution is 0.0479. The van der Waals surface area contributed by atoms with Gasteiger partial charge in [0.15, 0.2) is 0 Å². The predicted octanol–water partition coefficient (Wildman–Crippen LogP) is 4.28. The summed E-state index contributed by atoms with van der Waals surface area (Å²) in [7, 11) is 0. The van der Waals surface area contributed by atoms with Gasteiger partial charge in [0.05, 0.1) is 0 Å². The first-order valence-electron chi connectivity index (χ1n) is 6.49. The molecule has 0 amide bonds. The molecule has 0 saturated carbocycles. The lowest BCUT2D eigenvalue weighted by atomic mass is 10.1. The number of hydrogen-bond donors (Lipinski definition) is 0. The summed E-state index contributed by atoms with van der Waals surface area (Å²) in [6.07, 6.45) is 0. The van der Waals surface area contributed by atoms with Crippen LogP contribution in [0.25, 0.3) is 11.0 Å². The Balaban J connectivity index is 1.87. The van der Waals surface area contributed by atoms with Gasteiger partial charge in [-0.25, -0.2) is 9.59 Å². The number of carbonyl (C=O) groups excluding carboxylic acids is 1. The van der Waals surface area contributed by atoms with Gasteiger partial charge in [-0.15, -0.1) is 11.3 Å². The Morgan fingerprint density at radius 1 is 1.27 bits per heavy atom. The number of fused-ring (bicyclic) bond motifs is 1. The molecule has 1 aromatic carbocycles. The number of hydrogen-bond acceptors (Lipinski definition) is 5. The van der Waals surface area contributed by atoms with Gasteiger partial charge in [0.2, 0.25) is 0 Å². The fraction of sp³-hybridized carbons (Fsp3) is 0.125. The largest absolute Gasteiger partial charge is 0.457 e. The molecule has 112 valence electrons. The van der Waals surface area contributed by atoms with Gasteiger partial charge in [0.25, 0.3) is 0 Å². The smallest absolute Gasteiger partial charge is 0.348 e. The number of carbonyl (C=O) groups is 1. The summed E-state index contributed by atoms with van der Waals surface area (Å²) in [5, 5.41) is 0.748. The SMILES string of the molecule is Cc1ccc(C(=O)OCc2cc(=O)oc3cc(Br)ccc23)s1. The zero-order valence-corrected chi connectivity index (χ0v) is 14.0. The lowest BCUT2D eigenvalue weighted by Gasteiger charge is -2.06. The first-order chi connectivity index (χ1) is 10.5. The second-order valence-corrected chi connectivity index (χ2v) is 6.92. The molecular formula is C16H11BrO4S. The molecule has 6 heteroatoms. The van der Waals surface area contributed by atoms with E-state index in [4.69, 9.17) is 9.15 Å². The van der Waals surface area contributed by atoms with Crippen molar-refractivity contribution in [1.82, 2.24) is 0 Å². The third-order valence-electron chi connectivity index (χ3n) is 3.09. The molecule has 0 fully saturated rings. The van der Waals surface area contributed by atoms with Crippen molar-refractivity contribution < 1.29 is 13.9 Å². The maximum absolute atomic E-state index is 12.0. The number of ether oxygens (including phenoxy) is 1. The molecule has 0 spiro atoms. The van der Waals surface area contributed by atoms with Crippen molar-refractivity contribution in [2.45, 2.75) is 13.5 Å². The van der Waals surface area contributed by atoms with Crippen molar-refractivity contribution >= 4 is 44.2 Å². The van der Waals surface area contributed by atoms with E-state index < -0.39 is 11.6 Å². The summed E-state index contributed by atoms with van der Waals surface area (Å²) in [5.41, 5.74) is 0.615. The van der Waals surface area contributed by atoms with Crippen LogP contribution >= 0.6 is 27.3 Å². The fourth-order valence-corrected chi connectivity index (χ4v) is 3.18. The maximum Gasteiger partial charge on any atom is 0.348 e. The Morgan fingerprint density at radius 3 is 2.82 bits per heavy atom. The molecule has 0 saturated heterocycles. The Hall–Kier alpha value is -1.92. The van der Waals surface area contributed by atoms with E-state index in [0.29, 0.717) is 16.0 Å². The van der Waals surface area contributed by atoms with Crippen LogP contribution < -0.4 is 5.63 Å². The summed E-state index contributed by atoms with van der Waals surface area (Å²) >= 11 is 4.71. The van der Waals surface area contributed by atoms with E-state index in [2.05, 4.69) is 15.9 Å². The molecule has 0 unspecified atom stereocenters. The highest BCUT2D eigenvalue weighted by Gasteiger charge is 2.12. The van der Waals surface area contributed by atoms with Gasteiger partial charge in [-0.2, -0.15) is 0 Å². The number of halogens is 1. The Bertz CT molecular complexity index is 910. The molecule has 0 aliphatic heterocycles. The molecule has 0 N–H and O–H groups in total. The summed E-state index contributed by atoms with van der Waals surface area (Å²) < 4.78 is 11.3. The molecule has 0 atom stereocenters. The molecule has 3 rings (SSSR count). The van der Waals surface area contributed by atoms with Crippen LogP contribution in [0, 0.1) is 6.92 Å². The van der Waals surface area contributed by atoms with Gasteiger partial charge in [0.1, 0.15) is 17.1 Å². The average molecular weight is 379 g/mol. The van der Waals surface area contributed by atoms with Crippen LogP contribution in [0.2, 0.25) is 0 Å². The number of thiophene rings is 1. The molecule has 2 heterocycles. The maximum atomic E-state index is 12.0. The van der Waals surface area contributed by atoms with E-state index in [9.17, 15) is 9.59 Å². The third-order valence-corrected chi connectivity index (χ3v) is 4.57. The van der Waals surface area contributed by atoms with E-state index in [1.165, 1.54) is 17.4 Å². The van der Waals surface area contributed by atoms with Gasteiger partial charge in [-0.05, 0) is 37.3 Å². The monoisotopic (exact) mass is 378 g/mol. The summed E-state index contributed by atoms with van der Waals surface area (Å²) in [6, 6.07) is 10.3. The first kappa shape index (κ1) is 15.0. The van der Waals surface area contributed by atoms with Crippen molar-refractivity contribution in [2.24, 2.45) is 0 Å². The fourth-order valence-electron chi connectivity index (χ4n) is 2.08. The highest BCUT2D eigenvalue weighted by atomic mass is 79.9. The Kier molecular flexibility index (Phi) is 4.13. The van der Waals surface area contributed by atoms with Crippen molar-refractivity contribution in [3.05, 3.63) is 66.6 Å². The summed E-state index contributed by atoms with van der Waals surface area (Å²) in [6.45, 7) is 1.95. The quantitative estimate of drug-likeness (QED) is 0.504. The Labute approximate surface area is 138 Å². The van der Waals surface area contributed by atoms with Crippen molar-refractivity contribution in [1.29, 1.82) is 0 Å². The molecule has 0 radical (unpaired) electrons. The van der Waals surface area contributed by atoms with E-state index in [-0.39, 0.29) is 6.61 Å². The minimum Gasteiger partial charge on any atom is -0.457 e. The zero-order valence-electron chi connectivity index (χ0n) is 11.6. The molecule has 2 aromatic heterocycles. The van der Waals surface area contributed by atoms with Gasteiger partial charge >= 0.3 is 11.6 Å². The van der Waals surface area contributed by atoms with Gasteiger partial charge in [-0.3, -0.25) is 0 Å². The van der Waals surface area contributed by atoms with Crippen LogP contribution in [-0.2, 0) is 11.3 Å². The molecule has 0 bridgehead atoms. The topological polar surface area (TPSA) is 56.5 Å². The van der Waals surface area contributed by atoms with Crippen molar-refractivity contribution in [3.63, 3.8) is 0 Å². The number of esters is 1. The van der Waals surface area contributed by atoms with Crippen LogP contribution in [0.1, 0.15) is 20.1 Å². The first-order valence-corrected chi connectivity index (χ1v) is 8.10. The molecule has 3 aromatic rings. The standard InChI is InChI=1S/C16H11BrO4S/c1-9-2-5-14(22-9)16(19)20-8-10-6-15(18)21-13-7-11(17)3-4-12(10)13/h2-7H,8H2,1H3. The van der Waals surface area contributed by atoms with Crippen molar-refractivity contribution in [2.75, 3.05) is 0 Å². The minimum absolute atomic E-state index is 0.0273. The number of rotatable bonds is 3. The van der Waals surface area contributed by atoms with Crippen LogP contribution in [0.5, 0.6) is 0 Å². The van der Waals surface area contributed by atoms with Gasteiger partial charge < -0.3 is 9.15 Å². The summed E-state index contributed by atoms with van der Waals surface area (Å²) in [4.78, 5) is 25.2. The lowest BCUT2D eigenvalue weighted by Crippen LogP contribution is -2.06. The molecule has 0 aliphatic rings. The summed E-state index contributed by atoms with van der Waals surface area (Å²) in [5.74, 6) is -0.392. The number of benzene rings is 1.